The van der Waals surface area contributed by atoms with Gasteiger partial charge in [0.05, 0.1) is 10.0 Å². The van der Waals surface area contributed by atoms with E-state index < -0.39 is 5.54 Å². The molecule has 0 aliphatic carbocycles. The van der Waals surface area contributed by atoms with E-state index in [1.54, 1.807) is 6.07 Å². The van der Waals surface area contributed by atoms with E-state index in [-0.39, 0.29) is 0 Å². The van der Waals surface area contributed by atoms with Gasteiger partial charge in [-0.25, -0.2) is 0 Å². The summed E-state index contributed by atoms with van der Waals surface area (Å²) in [6.45, 7) is 6.24. The number of hydrogen-bond acceptors (Lipinski definition) is 1. The van der Waals surface area contributed by atoms with Crippen LogP contribution in [0.2, 0.25) is 10.0 Å². The predicted octanol–water partition coefficient (Wildman–Crippen LogP) is 4.21. The van der Waals surface area contributed by atoms with Crippen molar-refractivity contribution in [2.45, 2.75) is 32.7 Å². The van der Waals surface area contributed by atoms with Crippen molar-refractivity contribution in [3.63, 3.8) is 0 Å². The second-order valence-corrected chi connectivity index (χ2v) is 4.98. The molecule has 2 N–H and O–H groups in total. The lowest BCUT2D eigenvalue weighted by atomic mass is 9.80. The summed E-state index contributed by atoms with van der Waals surface area (Å²) in [5.41, 5.74) is 6.81. The van der Waals surface area contributed by atoms with Gasteiger partial charge in [-0.15, -0.1) is 0 Å². The first-order valence-electron chi connectivity index (χ1n) is 5.14. The van der Waals surface area contributed by atoms with Crippen LogP contribution in [0.3, 0.4) is 0 Å². The van der Waals surface area contributed by atoms with Crippen LogP contribution in [0.15, 0.2) is 18.2 Å². The van der Waals surface area contributed by atoms with Crippen molar-refractivity contribution in [1.29, 1.82) is 0 Å². The van der Waals surface area contributed by atoms with Gasteiger partial charge in [0.2, 0.25) is 0 Å². The van der Waals surface area contributed by atoms with Crippen LogP contribution in [0.5, 0.6) is 0 Å². The lowest BCUT2D eigenvalue weighted by Gasteiger charge is -2.32. The van der Waals surface area contributed by atoms with Crippen LogP contribution in [0.25, 0.3) is 0 Å². The fourth-order valence-electron chi connectivity index (χ4n) is 1.61. The normalized spacial score (nSPS) is 17.2. The van der Waals surface area contributed by atoms with Crippen molar-refractivity contribution in [2.24, 2.45) is 11.7 Å². The van der Waals surface area contributed by atoms with Crippen LogP contribution in [-0.2, 0) is 5.54 Å². The smallest absolute Gasteiger partial charge is 0.0642 e. The Kier molecular flexibility index (Phi) is 4.05. The molecule has 0 saturated heterocycles. The number of hydrogen-bond donors (Lipinski definition) is 1. The zero-order valence-electron chi connectivity index (χ0n) is 9.35. The highest BCUT2D eigenvalue weighted by molar-refractivity contribution is 6.42. The molecule has 2 unspecified atom stereocenters. The van der Waals surface area contributed by atoms with E-state index in [9.17, 15) is 0 Å². The summed E-state index contributed by atoms with van der Waals surface area (Å²) >= 11 is 12.1. The quantitative estimate of drug-likeness (QED) is 0.849. The second-order valence-electron chi connectivity index (χ2n) is 4.19. The molecule has 0 saturated carbocycles. The minimum Gasteiger partial charge on any atom is -0.321 e. The van der Waals surface area contributed by atoms with Crippen LogP contribution in [-0.4, -0.2) is 0 Å². The molecule has 0 heterocycles. The third-order valence-corrected chi connectivity index (χ3v) is 3.99. The van der Waals surface area contributed by atoms with Crippen LogP contribution in [0.4, 0.5) is 0 Å². The van der Waals surface area contributed by atoms with E-state index in [2.05, 4.69) is 13.8 Å². The molecule has 0 aliphatic rings. The Hall–Kier alpha value is -0.240. The third-order valence-electron chi connectivity index (χ3n) is 3.17. The molecule has 1 aromatic carbocycles. The zero-order valence-corrected chi connectivity index (χ0v) is 10.9. The molecule has 1 aromatic rings. The molecule has 1 nitrogen and oxygen atoms in total. The maximum Gasteiger partial charge on any atom is 0.0642 e. The molecule has 3 heteroatoms. The molecule has 84 valence electrons. The number of halogens is 2. The van der Waals surface area contributed by atoms with Crippen molar-refractivity contribution in [2.75, 3.05) is 0 Å². The molecule has 0 spiro atoms. The van der Waals surface area contributed by atoms with Gasteiger partial charge >= 0.3 is 0 Å². The van der Waals surface area contributed by atoms with Crippen LogP contribution < -0.4 is 5.73 Å². The van der Waals surface area contributed by atoms with Crippen molar-refractivity contribution >= 4 is 23.2 Å². The highest BCUT2D eigenvalue weighted by Gasteiger charge is 2.29. The molecule has 0 aromatic heterocycles. The predicted molar refractivity (Wildman–Crippen MR) is 67.5 cm³/mol. The number of benzene rings is 1. The monoisotopic (exact) mass is 245 g/mol. The topological polar surface area (TPSA) is 26.0 Å². The number of nitrogens with two attached hydrogens (primary N) is 1. The molecule has 0 amide bonds. The SMILES string of the molecule is CCC(C)C(C)(N)c1cccc(Cl)c1Cl. The first kappa shape index (κ1) is 12.8. The maximum absolute atomic E-state index is 6.32. The van der Waals surface area contributed by atoms with Crippen molar-refractivity contribution < 1.29 is 0 Å². The summed E-state index contributed by atoms with van der Waals surface area (Å²) in [4.78, 5) is 0. The van der Waals surface area contributed by atoms with Crippen LogP contribution >= 0.6 is 23.2 Å². The summed E-state index contributed by atoms with van der Waals surface area (Å²) in [6.07, 6.45) is 1.01. The molecule has 1 rings (SSSR count). The van der Waals surface area contributed by atoms with E-state index in [0.29, 0.717) is 16.0 Å². The van der Waals surface area contributed by atoms with Crippen LogP contribution in [0, 0.1) is 5.92 Å². The first-order valence-corrected chi connectivity index (χ1v) is 5.90. The van der Waals surface area contributed by atoms with Gasteiger partial charge in [-0.3, -0.25) is 0 Å². The Morgan fingerprint density at radius 1 is 1.40 bits per heavy atom. The Morgan fingerprint density at radius 2 is 2.00 bits per heavy atom. The lowest BCUT2D eigenvalue weighted by Crippen LogP contribution is -2.39. The van der Waals surface area contributed by atoms with Crippen molar-refractivity contribution in [1.82, 2.24) is 0 Å². The maximum atomic E-state index is 6.32. The van der Waals surface area contributed by atoms with Crippen LogP contribution in [0.1, 0.15) is 32.8 Å². The Labute approximate surface area is 102 Å². The summed E-state index contributed by atoms with van der Waals surface area (Å²) in [5.74, 6) is 0.355. The first-order chi connectivity index (χ1) is 6.91. The average molecular weight is 246 g/mol. The molecule has 2 atom stereocenters. The highest BCUT2D eigenvalue weighted by atomic mass is 35.5. The summed E-state index contributed by atoms with van der Waals surface area (Å²) in [6, 6.07) is 5.61. The van der Waals surface area contributed by atoms with Gasteiger partial charge in [0.1, 0.15) is 0 Å². The summed E-state index contributed by atoms with van der Waals surface area (Å²) < 4.78 is 0. The number of rotatable bonds is 3. The lowest BCUT2D eigenvalue weighted by molar-refractivity contribution is 0.316. The fraction of sp³-hybridized carbons (Fsp3) is 0.500. The van der Waals surface area contributed by atoms with Gasteiger partial charge in [-0.2, -0.15) is 0 Å². The van der Waals surface area contributed by atoms with Gasteiger partial charge in [0.25, 0.3) is 0 Å². The van der Waals surface area contributed by atoms with Crippen molar-refractivity contribution in [3.8, 4) is 0 Å². The minimum absolute atomic E-state index is 0.355. The van der Waals surface area contributed by atoms with E-state index in [1.807, 2.05) is 19.1 Å². The van der Waals surface area contributed by atoms with Gasteiger partial charge < -0.3 is 5.73 Å². The largest absolute Gasteiger partial charge is 0.321 e. The van der Waals surface area contributed by atoms with Crippen molar-refractivity contribution in [3.05, 3.63) is 33.8 Å². The Balaban J connectivity index is 3.20. The van der Waals surface area contributed by atoms with Gasteiger partial charge in [0.15, 0.2) is 0 Å². The third kappa shape index (κ3) is 2.47. The highest BCUT2D eigenvalue weighted by Crippen LogP contribution is 2.36. The fourth-order valence-corrected chi connectivity index (χ4v) is 2.11. The molecular formula is C12H17Cl2N. The molecule has 15 heavy (non-hydrogen) atoms. The Morgan fingerprint density at radius 3 is 2.53 bits per heavy atom. The molecule has 0 fully saturated rings. The zero-order chi connectivity index (χ0) is 11.6. The van der Waals surface area contributed by atoms with E-state index in [1.165, 1.54) is 0 Å². The second kappa shape index (κ2) is 4.73. The standard InChI is InChI=1S/C12H17Cl2N/c1-4-8(2)12(3,15)9-6-5-7-10(13)11(9)14/h5-8H,4,15H2,1-3H3. The summed E-state index contributed by atoms with van der Waals surface area (Å²) in [5, 5.41) is 1.14. The molecule has 0 aliphatic heterocycles. The van der Waals surface area contributed by atoms with E-state index >= 15 is 0 Å². The molecule has 0 radical (unpaired) electrons. The van der Waals surface area contributed by atoms with Gasteiger partial charge in [0, 0.05) is 5.54 Å². The summed E-state index contributed by atoms with van der Waals surface area (Å²) in [7, 11) is 0. The molecular weight excluding hydrogens is 229 g/mol. The van der Waals surface area contributed by atoms with Gasteiger partial charge in [-0.05, 0) is 24.5 Å². The van der Waals surface area contributed by atoms with E-state index in [0.717, 1.165) is 12.0 Å². The molecule has 0 bridgehead atoms. The van der Waals surface area contributed by atoms with Gasteiger partial charge in [-0.1, -0.05) is 55.6 Å². The van der Waals surface area contributed by atoms with E-state index in [4.69, 9.17) is 28.9 Å². The average Bonchev–Trinajstić information content (AvgIpc) is 2.20. The minimum atomic E-state index is -0.434. The Bertz CT molecular complexity index is 347.